The van der Waals surface area contributed by atoms with E-state index in [-0.39, 0.29) is 42.0 Å². The molecule has 146 valence electrons. The predicted molar refractivity (Wildman–Crippen MR) is 98.4 cm³/mol. The van der Waals surface area contributed by atoms with Crippen LogP contribution in [0, 0.1) is 11.8 Å². The highest BCUT2D eigenvalue weighted by atomic mass is 127. The van der Waals surface area contributed by atoms with E-state index in [1.54, 1.807) is 6.92 Å². The van der Waals surface area contributed by atoms with Crippen LogP contribution in [0.4, 0.5) is 26.3 Å². The monoisotopic (exact) mass is 493 g/mol. The molecule has 0 saturated heterocycles. The van der Waals surface area contributed by atoms with Crippen molar-refractivity contribution in [3.05, 3.63) is 35.4 Å². The lowest BCUT2D eigenvalue weighted by Gasteiger charge is -2.09. The molecule has 0 aromatic heterocycles. The van der Waals surface area contributed by atoms with Gasteiger partial charge < -0.3 is 10.6 Å². The van der Waals surface area contributed by atoms with Crippen LogP contribution in [0.1, 0.15) is 24.5 Å². The van der Waals surface area contributed by atoms with Gasteiger partial charge in [0.1, 0.15) is 0 Å². The van der Waals surface area contributed by atoms with Gasteiger partial charge in [0.05, 0.1) is 25.1 Å². The molecule has 0 fully saturated rings. The number of rotatable bonds is 4. The van der Waals surface area contributed by atoms with Crippen molar-refractivity contribution in [3.63, 3.8) is 0 Å². The molecule has 0 bridgehead atoms. The van der Waals surface area contributed by atoms with Crippen LogP contribution in [0.15, 0.2) is 29.3 Å². The summed E-state index contributed by atoms with van der Waals surface area (Å²) in [4.78, 5) is 3.75. The average Bonchev–Trinajstić information content (AvgIpc) is 2.49. The van der Waals surface area contributed by atoms with E-state index in [0.29, 0.717) is 6.54 Å². The Morgan fingerprint density at radius 3 is 2.38 bits per heavy atom. The number of alkyl halides is 6. The van der Waals surface area contributed by atoms with Gasteiger partial charge in [-0.2, -0.15) is 26.3 Å². The molecule has 26 heavy (non-hydrogen) atoms. The Kier molecular flexibility index (Phi) is 10.4. The molecule has 0 radical (unpaired) electrons. The molecular formula is C16H18F6IN3. The summed E-state index contributed by atoms with van der Waals surface area (Å²) < 4.78 is 74.0. The third kappa shape index (κ3) is 10.4. The highest BCUT2D eigenvalue weighted by Gasteiger charge is 2.30. The maximum Gasteiger partial charge on any atom is 0.416 e. The average molecular weight is 493 g/mol. The fourth-order valence-corrected chi connectivity index (χ4v) is 1.68. The van der Waals surface area contributed by atoms with Gasteiger partial charge in [-0.1, -0.05) is 17.9 Å². The zero-order chi connectivity index (χ0) is 18.9. The van der Waals surface area contributed by atoms with E-state index in [1.165, 1.54) is 12.1 Å². The van der Waals surface area contributed by atoms with E-state index in [1.807, 2.05) is 0 Å². The molecule has 1 rings (SSSR count). The maximum absolute atomic E-state index is 12.6. The van der Waals surface area contributed by atoms with Crippen molar-refractivity contribution >= 4 is 29.9 Å². The molecule has 0 atom stereocenters. The number of hydrogen-bond acceptors (Lipinski definition) is 1. The number of hydrogen-bond donors (Lipinski definition) is 2. The molecule has 2 N–H and O–H groups in total. The molecule has 1 aromatic carbocycles. The quantitative estimate of drug-likeness (QED) is 0.217. The first-order valence-electron chi connectivity index (χ1n) is 7.37. The number of aliphatic imine (C=N–C) groups is 1. The van der Waals surface area contributed by atoms with Crippen molar-refractivity contribution in [2.45, 2.75) is 25.7 Å². The van der Waals surface area contributed by atoms with Crippen molar-refractivity contribution in [1.29, 1.82) is 0 Å². The van der Waals surface area contributed by atoms with Gasteiger partial charge >= 0.3 is 12.4 Å². The molecule has 0 amide bonds. The summed E-state index contributed by atoms with van der Waals surface area (Å²) in [7, 11) is 0. The molecule has 0 aliphatic carbocycles. The van der Waals surface area contributed by atoms with Crippen LogP contribution in [-0.2, 0) is 6.18 Å². The van der Waals surface area contributed by atoms with E-state index < -0.39 is 30.9 Å². The summed E-state index contributed by atoms with van der Waals surface area (Å²) in [5.41, 5.74) is -0.607. The van der Waals surface area contributed by atoms with E-state index >= 15 is 0 Å². The van der Waals surface area contributed by atoms with Gasteiger partial charge in [0, 0.05) is 12.1 Å². The highest BCUT2D eigenvalue weighted by Crippen LogP contribution is 2.29. The molecule has 0 aliphatic rings. The van der Waals surface area contributed by atoms with Gasteiger partial charge in [-0.15, -0.1) is 24.0 Å². The van der Waals surface area contributed by atoms with Crippen molar-refractivity contribution in [1.82, 2.24) is 10.6 Å². The van der Waals surface area contributed by atoms with E-state index in [4.69, 9.17) is 0 Å². The van der Waals surface area contributed by atoms with Gasteiger partial charge in [-0.3, -0.25) is 4.99 Å². The third-order valence-corrected chi connectivity index (χ3v) is 2.78. The zero-order valence-electron chi connectivity index (χ0n) is 13.8. The number of benzene rings is 1. The second-order valence-electron chi connectivity index (χ2n) is 4.86. The summed E-state index contributed by atoms with van der Waals surface area (Å²) in [5, 5.41) is 5.45. The lowest BCUT2D eigenvalue weighted by atomic mass is 10.1. The summed E-state index contributed by atoms with van der Waals surface area (Å²) in [6.45, 7) is 1.78. The topological polar surface area (TPSA) is 36.4 Å². The second kappa shape index (κ2) is 11.2. The van der Waals surface area contributed by atoms with Gasteiger partial charge in [0.15, 0.2) is 5.96 Å². The van der Waals surface area contributed by atoms with Crippen LogP contribution in [0.25, 0.3) is 0 Å². The lowest BCUT2D eigenvalue weighted by Crippen LogP contribution is -2.37. The van der Waals surface area contributed by atoms with Crippen LogP contribution in [0.2, 0.25) is 0 Å². The molecule has 1 aromatic rings. The van der Waals surface area contributed by atoms with Crippen molar-refractivity contribution in [2.75, 3.05) is 19.6 Å². The largest absolute Gasteiger partial charge is 0.416 e. The van der Waals surface area contributed by atoms with E-state index in [2.05, 4.69) is 27.5 Å². The van der Waals surface area contributed by atoms with Crippen molar-refractivity contribution < 1.29 is 26.3 Å². The van der Waals surface area contributed by atoms with Crippen LogP contribution in [0.5, 0.6) is 0 Å². The number of nitrogens with zero attached hydrogens (tertiary/aromatic N) is 1. The molecule has 0 unspecified atom stereocenters. The number of nitrogens with one attached hydrogen (secondary N) is 2. The standard InChI is InChI=1S/C16H17F6N3.HI/c1-2-23-14(25-10-8-15(17,18)19)24-9-4-6-12-5-3-7-13(11-12)16(20,21)22;/h3,5,7,11H,2,8-10H2,1H3,(H2,23,24,25);1H. The summed E-state index contributed by atoms with van der Waals surface area (Å²) >= 11 is 0. The Hall–Kier alpha value is -1.64. The molecule has 0 heterocycles. The Balaban J connectivity index is 0.00000625. The van der Waals surface area contributed by atoms with Gasteiger partial charge in [-0.05, 0) is 25.1 Å². The Labute approximate surface area is 164 Å². The minimum Gasteiger partial charge on any atom is -0.357 e. The maximum atomic E-state index is 12.6. The summed E-state index contributed by atoms with van der Waals surface area (Å²) in [6.07, 6.45) is -9.77. The molecule has 10 heteroatoms. The van der Waals surface area contributed by atoms with Gasteiger partial charge in [-0.25, -0.2) is 0 Å². The predicted octanol–water partition coefficient (Wildman–Crippen LogP) is 4.18. The fraction of sp³-hybridized carbons (Fsp3) is 0.438. The summed E-state index contributed by atoms with van der Waals surface area (Å²) in [5.74, 6) is 5.32. The minimum absolute atomic E-state index is 0. The molecule has 0 spiro atoms. The van der Waals surface area contributed by atoms with Crippen LogP contribution >= 0.6 is 24.0 Å². The third-order valence-electron chi connectivity index (χ3n) is 2.78. The molecule has 0 saturated carbocycles. The van der Waals surface area contributed by atoms with Gasteiger partial charge in [0.25, 0.3) is 0 Å². The lowest BCUT2D eigenvalue weighted by molar-refractivity contribution is -0.137. The van der Waals surface area contributed by atoms with Gasteiger partial charge in [0.2, 0.25) is 0 Å². The number of halogens is 7. The Morgan fingerprint density at radius 2 is 1.81 bits per heavy atom. The normalized spacial score (nSPS) is 11.9. The zero-order valence-corrected chi connectivity index (χ0v) is 16.1. The van der Waals surface area contributed by atoms with E-state index in [9.17, 15) is 26.3 Å². The second-order valence-corrected chi connectivity index (χ2v) is 4.86. The molecule has 0 aliphatic heterocycles. The van der Waals surface area contributed by atoms with Crippen molar-refractivity contribution in [2.24, 2.45) is 4.99 Å². The highest BCUT2D eigenvalue weighted by molar-refractivity contribution is 14.0. The minimum atomic E-state index is -4.45. The fourth-order valence-electron chi connectivity index (χ4n) is 1.68. The van der Waals surface area contributed by atoms with Crippen LogP contribution in [0.3, 0.4) is 0 Å². The van der Waals surface area contributed by atoms with Crippen LogP contribution < -0.4 is 10.6 Å². The van der Waals surface area contributed by atoms with Crippen LogP contribution in [-0.4, -0.2) is 31.8 Å². The molecular weight excluding hydrogens is 475 g/mol. The summed E-state index contributed by atoms with van der Waals surface area (Å²) in [6, 6.07) is 4.56. The van der Waals surface area contributed by atoms with E-state index in [0.717, 1.165) is 12.1 Å². The first kappa shape index (κ1) is 24.4. The SMILES string of the molecule is CCNC(=NCCC(F)(F)F)NCC#Cc1cccc(C(F)(F)F)c1.I. The van der Waals surface area contributed by atoms with Crippen molar-refractivity contribution in [3.8, 4) is 11.8 Å². The first-order valence-corrected chi connectivity index (χ1v) is 7.37. The molecule has 3 nitrogen and oxygen atoms in total. The number of guanidine groups is 1. The Bertz CT molecular complexity index is 644. The Morgan fingerprint density at radius 1 is 1.12 bits per heavy atom. The smallest absolute Gasteiger partial charge is 0.357 e. The first-order chi connectivity index (χ1) is 11.6.